The zero-order chi connectivity index (χ0) is 8.10. The van der Waals surface area contributed by atoms with Crippen molar-refractivity contribution in [2.45, 2.75) is 39.0 Å². The molecule has 11 heavy (non-hydrogen) atoms. The van der Waals surface area contributed by atoms with Crippen LogP contribution in [0, 0.1) is 17.2 Å². The molecule has 0 amide bonds. The van der Waals surface area contributed by atoms with E-state index in [2.05, 4.69) is 19.1 Å². The second-order valence-corrected chi connectivity index (χ2v) is 3.11. The molecule has 0 spiro atoms. The van der Waals surface area contributed by atoms with E-state index in [1.165, 1.54) is 24.8 Å². The molecule has 0 radical (unpaired) electrons. The van der Waals surface area contributed by atoms with Crippen molar-refractivity contribution in [2.24, 2.45) is 5.92 Å². The van der Waals surface area contributed by atoms with Gasteiger partial charge in [0.2, 0.25) is 0 Å². The van der Waals surface area contributed by atoms with Crippen LogP contribution >= 0.6 is 0 Å². The van der Waals surface area contributed by atoms with Crippen LogP contribution in [0.25, 0.3) is 0 Å². The van der Waals surface area contributed by atoms with Gasteiger partial charge in [-0.1, -0.05) is 18.6 Å². The number of rotatable bonds is 2. The normalized spacial score (nSPS) is 20.2. The van der Waals surface area contributed by atoms with Crippen LogP contribution in [0.15, 0.2) is 11.6 Å². The summed E-state index contributed by atoms with van der Waals surface area (Å²) in [5, 5.41) is 8.79. The molecule has 0 unspecified atom stereocenters. The molecule has 0 saturated heterocycles. The van der Waals surface area contributed by atoms with Crippen molar-refractivity contribution in [3.05, 3.63) is 11.6 Å². The first-order valence-electron chi connectivity index (χ1n) is 4.47. The van der Waals surface area contributed by atoms with Crippen LogP contribution in [0.1, 0.15) is 39.0 Å². The third-order valence-corrected chi connectivity index (χ3v) is 2.34. The maximum absolute atomic E-state index is 8.79. The lowest BCUT2D eigenvalue weighted by Gasteiger charge is -2.15. The molecule has 1 atom stereocenters. The molecule has 0 aromatic carbocycles. The van der Waals surface area contributed by atoms with Crippen molar-refractivity contribution >= 4 is 0 Å². The Morgan fingerprint density at radius 3 is 2.91 bits per heavy atom. The van der Waals surface area contributed by atoms with Gasteiger partial charge in [-0.2, -0.15) is 5.26 Å². The van der Waals surface area contributed by atoms with Crippen molar-refractivity contribution < 1.29 is 0 Å². The summed E-state index contributed by atoms with van der Waals surface area (Å²) in [6.45, 7) is 2.09. The molecule has 0 heterocycles. The molecule has 0 bridgehead atoms. The lowest BCUT2D eigenvalue weighted by Crippen LogP contribution is -2.03. The molecular formula is C10H15N. The smallest absolute Gasteiger partial charge is 0.0700 e. The highest BCUT2D eigenvalue weighted by molar-refractivity contribution is 5.15. The third kappa shape index (κ3) is 2.08. The lowest BCUT2D eigenvalue weighted by molar-refractivity contribution is 0.617. The van der Waals surface area contributed by atoms with Gasteiger partial charge in [-0.25, -0.2) is 0 Å². The fourth-order valence-corrected chi connectivity index (χ4v) is 1.62. The molecule has 0 N–H and O–H groups in total. The maximum Gasteiger partial charge on any atom is 0.0700 e. The predicted octanol–water partition coefficient (Wildman–Crippen LogP) is 3.04. The Kier molecular flexibility index (Phi) is 3.16. The summed E-state index contributed by atoms with van der Waals surface area (Å²) < 4.78 is 0. The average molecular weight is 149 g/mol. The Bertz CT molecular complexity index is 186. The van der Waals surface area contributed by atoms with E-state index in [-0.39, 0.29) is 5.92 Å². The summed E-state index contributed by atoms with van der Waals surface area (Å²) in [5.41, 5.74) is 1.39. The summed E-state index contributed by atoms with van der Waals surface area (Å²) >= 11 is 0. The molecule has 0 fully saturated rings. The number of allylic oxidation sites excluding steroid dienone is 2. The lowest BCUT2D eigenvalue weighted by atomic mass is 9.89. The van der Waals surface area contributed by atoms with E-state index in [1.54, 1.807) is 0 Å². The van der Waals surface area contributed by atoms with Crippen LogP contribution < -0.4 is 0 Å². The minimum atomic E-state index is 0.204. The Hall–Kier alpha value is -0.770. The van der Waals surface area contributed by atoms with Gasteiger partial charge in [-0.05, 0) is 32.1 Å². The van der Waals surface area contributed by atoms with Crippen LogP contribution in [-0.4, -0.2) is 0 Å². The number of hydrogen-bond donors (Lipinski definition) is 0. The Morgan fingerprint density at radius 1 is 1.64 bits per heavy atom. The zero-order valence-corrected chi connectivity index (χ0v) is 7.14. The van der Waals surface area contributed by atoms with E-state index < -0.39 is 0 Å². The highest BCUT2D eigenvalue weighted by Gasteiger charge is 2.12. The van der Waals surface area contributed by atoms with Crippen molar-refractivity contribution in [1.82, 2.24) is 0 Å². The second kappa shape index (κ2) is 4.18. The van der Waals surface area contributed by atoms with Crippen LogP contribution in [-0.2, 0) is 0 Å². The van der Waals surface area contributed by atoms with E-state index in [1.807, 2.05) is 0 Å². The van der Waals surface area contributed by atoms with E-state index >= 15 is 0 Å². The van der Waals surface area contributed by atoms with Gasteiger partial charge in [0.1, 0.15) is 0 Å². The molecule has 0 saturated carbocycles. The fourth-order valence-electron chi connectivity index (χ4n) is 1.62. The average Bonchev–Trinajstić information content (AvgIpc) is 2.09. The number of nitrogens with zero attached hydrogens (tertiary/aromatic N) is 1. The summed E-state index contributed by atoms with van der Waals surface area (Å²) in [4.78, 5) is 0. The highest BCUT2D eigenvalue weighted by Crippen LogP contribution is 2.25. The van der Waals surface area contributed by atoms with E-state index in [0.29, 0.717) is 0 Å². The van der Waals surface area contributed by atoms with Gasteiger partial charge in [0, 0.05) is 0 Å². The number of hydrogen-bond acceptors (Lipinski definition) is 1. The SMILES string of the molecule is CC[C@@H](C#N)C1=CCCCC1. The topological polar surface area (TPSA) is 23.8 Å². The monoisotopic (exact) mass is 149 g/mol. The molecular weight excluding hydrogens is 134 g/mol. The summed E-state index contributed by atoms with van der Waals surface area (Å²) in [7, 11) is 0. The quantitative estimate of drug-likeness (QED) is 0.553. The van der Waals surface area contributed by atoms with Gasteiger partial charge in [0.05, 0.1) is 12.0 Å². The Morgan fingerprint density at radius 2 is 2.45 bits per heavy atom. The fraction of sp³-hybridized carbons (Fsp3) is 0.700. The first kappa shape index (κ1) is 8.33. The molecule has 1 nitrogen and oxygen atoms in total. The third-order valence-electron chi connectivity index (χ3n) is 2.34. The van der Waals surface area contributed by atoms with Crippen molar-refractivity contribution in [1.29, 1.82) is 5.26 Å². The maximum atomic E-state index is 8.79. The van der Waals surface area contributed by atoms with E-state index in [0.717, 1.165) is 12.8 Å². The molecule has 0 aromatic rings. The van der Waals surface area contributed by atoms with Gasteiger partial charge >= 0.3 is 0 Å². The number of nitriles is 1. The molecule has 0 aliphatic heterocycles. The Labute approximate surface area is 68.7 Å². The van der Waals surface area contributed by atoms with E-state index in [9.17, 15) is 0 Å². The summed E-state index contributed by atoms with van der Waals surface area (Å²) in [6.07, 6.45) is 8.18. The van der Waals surface area contributed by atoms with Crippen LogP contribution in [0.5, 0.6) is 0 Å². The van der Waals surface area contributed by atoms with Crippen molar-refractivity contribution in [3.63, 3.8) is 0 Å². The molecule has 1 aliphatic carbocycles. The van der Waals surface area contributed by atoms with Gasteiger partial charge in [0.25, 0.3) is 0 Å². The highest BCUT2D eigenvalue weighted by atomic mass is 14.3. The Balaban J connectivity index is 2.57. The standard InChI is InChI=1S/C10H15N/c1-2-9(8-11)10-6-4-3-5-7-10/h6,9H,2-5,7H2,1H3/t9-/m0/s1. The first-order valence-corrected chi connectivity index (χ1v) is 4.47. The predicted molar refractivity (Wildman–Crippen MR) is 45.9 cm³/mol. The molecule has 1 rings (SSSR count). The van der Waals surface area contributed by atoms with Gasteiger partial charge in [-0.15, -0.1) is 0 Å². The van der Waals surface area contributed by atoms with Crippen LogP contribution in [0.4, 0.5) is 0 Å². The summed E-state index contributed by atoms with van der Waals surface area (Å²) in [6, 6.07) is 2.35. The summed E-state index contributed by atoms with van der Waals surface area (Å²) in [5.74, 6) is 0.204. The molecule has 60 valence electrons. The molecule has 1 aliphatic rings. The zero-order valence-electron chi connectivity index (χ0n) is 7.14. The van der Waals surface area contributed by atoms with Crippen LogP contribution in [0.2, 0.25) is 0 Å². The van der Waals surface area contributed by atoms with Crippen LogP contribution in [0.3, 0.4) is 0 Å². The first-order chi connectivity index (χ1) is 5.38. The van der Waals surface area contributed by atoms with Crippen molar-refractivity contribution in [3.8, 4) is 6.07 Å². The van der Waals surface area contributed by atoms with Gasteiger partial charge in [0.15, 0.2) is 0 Å². The van der Waals surface area contributed by atoms with E-state index in [4.69, 9.17) is 5.26 Å². The molecule has 1 heteroatoms. The second-order valence-electron chi connectivity index (χ2n) is 3.11. The minimum Gasteiger partial charge on any atom is -0.198 e. The largest absolute Gasteiger partial charge is 0.198 e. The van der Waals surface area contributed by atoms with Crippen molar-refractivity contribution in [2.75, 3.05) is 0 Å². The molecule has 0 aromatic heterocycles. The van der Waals surface area contributed by atoms with Gasteiger partial charge in [-0.3, -0.25) is 0 Å². The van der Waals surface area contributed by atoms with Gasteiger partial charge < -0.3 is 0 Å². The minimum absolute atomic E-state index is 0.204.